The smallest absolute Gasteiger partial charge is 0.272 e. The molecule has 2 amide bonds. The lowest BCUT2D eigenvalue weighted by molar-refractivity contribution is -0.123. The maximum Gasteiger partial charge on any atom is 0.272 e. The summed E-state index contributed by atoms with van der Waals surface area (Å²) >= 11 is 1.55. The van der Waals surface area contributed by atoms with E-state index in [4.69, 9.17) is 9.72 Å². The first kappa shape index (κ1) is 23.7. The Labute approximate surface area is 208 Å². The normalized spacial score (nSPS) is 17.1. The van der Waals surface area contributed by atoms with Gasteiger partial charge in [0.2, 0.25) is 5.91 Å². The van der Waals surface area contributed by atoms with E-state index >= 15 is 0 Å². The fourth-order valence-corrected chi connectivity index (χ4v) is 5.21. The minimum atomic E-state index is -0.393. The summed E-state index contributed by atoms with van der Waals surface area (Å²) in [6.45, 7) is 5.65. The first-order valence-electron chi connectivity index (χ1n) is 12.0. The van der Waals surface area contributed by atoms with Crippen LogP contribution in [0, 0.1) is 5.92 Å². The number of carbonyl (C=O) groups excluding carboxylic acids is 2. The number of ether oxygens (including phenoxy) is 1. The molecule has 0 spiro atoms. The van der Waals surface area contributed by atoms with E-state index in [1.165, 1.54) is 0 Å². The van der Waals surface area contributed by atoms with Crippen molar-refractivity contribution in [2.45, 2.75) is 51.1 Å². The fraction of sp³-hybridized carbons (Fsp3) is 0.542. The molecule has 186 valence electrons. The summed E-state index contributed by atoms with van der Waals surface area (Å²) in [5.41, 5.74) is 0.724. The van der Waals surface area contributed by atoms with Crippen LogP contribution in [0.4, 0.5) is 5.82 Å². The van der Waals surface area contributed by atoms with Gasteiger partial charge in [-0.3, -0.25) is 9.59 Å². The number of methoxy groups -OCH3 is 1. The molecular weight excluding hydrogens is 466 g/mol. The number of hydrogen-bond donors (Lipinski definition) is 2. The van der Waals surface area contributed by atoms with Gasteiger partial charge in [0.15, 0.2) is 5.82 Å². The summed E-state index contributed by atoms with van der Waals surface area (Å²) in [5.74, 6) is 1.23. The third-order valence-electron chi connectivity index (χ3n) is 6.37. The maximum absolute atomic E-state index is 13.5. The summed E-state index contributed by atoms with van der Waals surface area (Å²) < 4.78 is 7.11. The molecule has 0 radical (unpaired) electrons. The number of carbonyl (C=O) groups is 2. The van der Waals surface area contributed by atoms with Crippen molar-refractivity contribution in [1.29, 1.82) is 0 Å². The average molecular weight is 498 g/mol. The first-order valence-corrected chi connectivity index (χ1v) is 12.9. The average Bonchev–Trinajstić information content (AvgIpc) is 3.44. The SMILES string of the molecule is COCC(C)(C)Nc1cc(C(=O)N2CCC(NC(=O)C3CC3)CC2)nc(-c2cnn3ccsc23)n1. The Morgan fingerprint density at radius 3 is 2.69 bits per heavy atom. The Morgan fingerprint density at radius 1 is 1.20 bits per heavy atom. The molecule has 1 saturated heterocycles. The zero-order valence-electron chi connectivity index (χ0n) is 20.3. The quantitative estimate of drug-likeness (QED) is 0.492. The van der Waals surface area contributed by atoms with E-state index in [0.29, 0.717) is 37.0 Å². The van der Waals surface area contributed by atoms with Crippen LogP contribution in [0.5, 0.6) is 0 Å². The highest BCUT2D eigenvalue weighted by molar-refractivity contribution is 7.16. The Bertz CT molecular complexity index is 1220. The second-order valence-corrected chi connectivity index (χ2v) is 10.9. The molecule has 0 bridgehead atoms. The monoisotopic (exact) mass is 497 g/mol. The van der Waals surface area contributed by atoms with Crippen LogP contribution in [-0.2, 0) is 9.53 Å². The third-order valence-corrected chi connectivity index (χ3v) is 7.25. The lowest BCUT2D eigenvalue weighted by Gasteiger charge is -2.32. The van der Waals surface area contributed by atoms with Crippen molar-refractivity contribution in [3.63, 3.8) is 0 Å². The number of hydrogen-bond acceptors (Lipinski definition) is 8. The van der Waals surface area contributed by atoms with Gasteiger partial charge < -0.3 is 20.3 Å². The predicted molar refractivity (Wildman–Crippen MR) is 133 cm³/mol. The standard InChI is InChI=1S/C24H31N7O3S/c1-24(2,14-34-3)29-19-12-18(27-20(28-19)17-13-25-31-10-11-35-23(17)31)22(33)30-8-6-16(7-9-30)26-21(32)15-4-5-15/h10-13,15-16H,4-9,14H2,1-3H3,(H,26,32)(H,27,28,29). The van der Waals surface area contributed by atoms with Crippen molar-refractivity contribution in [3.05, 3.63) is 29.5 Å². The van der Waals surface area contributed by atoms with Crippen molar-refractivity contribution in [2.75, 3.05) is 32.1 Å². The molecule has 0 atom stereocenters. The number of thiazole rings is 1. The summed E-state index contributed by atoms with van der Waals surface area (Å²) in [7, 11) is 1.65. The van der Waals surface area contributed by atoms with E-state index in [9.17, 15) is 9.59 Å². The van der Waals surface area contributed by atoms with Crippen LogP contribution in [0.3, 0.4) is 0 Å². The summed E-state index contributed by atoms with van der Waals surface area (Å²) in [5, 5.41) is 12.9. The van der Waals surface area contributed by atoms with Gasteiger partial charge in [-0.25, -0.2) is 14.5 Å². The number of likely N-dealkylation sites (tertiary alicyclic amines) is 1. The minimum absolute atomic E-state index is 0.125. The van der Waals surface area contributed by atoms with E-state index in [1.54, 1.807) is 35.2 Å². The van der Waals surface area contributed by atoms with Gasteiger partial charge in [-0.1, -0.05) is 0 Å². The van der Waals surface area contributed by atoms with Crippen LogP contribution in [0.2, 0.25) is 0 Å². The molecule has 1 aliphatic heterocycles. The van der Waals surface area contributed by atoms with E-state index in [-0.39, 0.29) is 23.8 Å². The minimum Gasteiger partial charge on any atom is -0.382 e. The Morgan fingerprint density at radius 2 is 1.97 bits per heavy atom. The second-order valence-electron chi connectivity index (χ2n) is 9.96. The van der Waals surface area contributed by atoms with E-state index in [0.717, 1.165) is 36.1 Å². The Balaban J connectivity index is 1.38. The number of piperidine rings is 1. The Kier molecular flexibility index (Phi) is 6.45. The third kappa shape index (κ3) is 5.30. The highest BCUT2D eigenvalue weighted by Gasteiger charge is 2.33. The summed E-state index contributed by atoms with van der Waals surface area (Å²) in [6.07, 6.45) is 7.08. The topological polar surface area (TPSA) is 114 Å². The molecule has 1 aliphatic carbocycles. The van der Waals surface area contributed by atoms with Crippen LogP contribution >= 0.6 is 11.3 Å². The molecular formula is C24H31N7O3S. The molecule has 0 unspecified atom stereocenters. The number of fused-ring (bicyclic) bond motifs is 1. The maximum atomic E-state index is 13.5. The van der Waals surface area contributed by atoms with Gasteiger partial charge in [0.05, 0.1) is 23.9 Å². The lowest BCUT2D eigenvalue weighted by Crippen LogP contribution is -2.47. The van der Waals surface area contributed by atoms with E-state index < -0.39 is 5.54 Å². The zero-order chi connectivity index (χ0) is 24.6. The molecule has 0 aromatic carbocycles. The van der Waals surface area contributed by atoms with Crippen LogP contribution in [-0.4, -0.2) is 74.7 Å². The van der Waals surface area contributed by atoms with Crippen molar-refractivity contribution < 1.29 is 14.3 Å². The van der Waals surface area contributed by atoms with Crippen molar-refractivity contribution in [3.8, 4) is 11.4 Å². The summed E-state index contributed by atoms with van der Waals surface area (Å²) in [6, 6.07) is 1.83. The molecule has 35 heavy (non-hydrogen) atoms. The number of amides is 2. The van der Waals surface area contributed by atoms with Crippen molar-refractivity contribution in [2.24, 2.45) is 5.92 Å². The number of aromatic nitrogens is 4. The second kappa shape index (κ2) is 9.54. The van der Waals surface area contributed by atoms with Crippen molar-refractivity contribution >= 4 is 33.8 Å². The van der Waals surface area contributed by atoms with E-state index in [1.807, 2.05) is 30.3 Å². The highest BCUT2D eigenvalue weighted by Crippen LogP contribution is 2.30. The van der Waals surface area contributed by atoms with Gasteiger partial charge in [-0.2, -0.15) is 5.10 Å². The zero-order valence-corrected chi connectivity index (χ0v) is 21.1. The molecule has 2 fully saturated rings. The molecule has 3 aromatic rings. The number of anilines is 1. The predicted octanol–water partition coefficient (Wildman–Crippen LogP) is 2.82. The molecule has 1 saturated carbocycles. The van der Waals surface area contributed by atoms with Crippen LogP contribution in [0.1, 0.15) is 50.0 Å². The molecule has 3 aromatic heterocycles. The molecule has 10 nitrogen and oxygen atoms in total. The number of rotatable bonds is 8. The summed E-state index contributed by atoms with van der Waals surface area (Å²) in [4.78, 5) is 37.7. The molecule has 4 heterocycles. The highest BCUT2D eigenvalue weighted by atomic mass is 32.1. The van der Waals surface area contributed by atoms with E-state index in [2.05, 4.69) is 20.7 Å². The molecule has 2 aliphatic rings. The van der Waals surface area contributed by atoms with Crippen LogP contribution in [0.25, 0.3) is 16.2 Å². The lowest BCUT2D eigenvalue weighted by atomic mass is 10.0. The molecule has 11 heteroatoms. The van der Waals surface area contributed by atoms with Gasteiger partial charge in [0, 0.05) is 49.8 Å². The molecule has 2 N–H and O–H groups in total. The fourth-order valence-electron chi connectivity index (χ4n) is 4.42. The van der Waals surface area contributed by atoms with Crippen LogP contribution in [0.15, 0.2) is 23.8 Å². The first-order chi connectivity index (χ1) is 16.8. The molecule has 5 rings (SSSR count). The van der Waals surface area contributed by atoms with Gasteiger partial charge >= 0.3 is 0 Å². The van der Waals surface area contributed by atoms with Crippen LogP contribution < -0.4 is 10.6 Å². The van der Waals surface area contributed by atoms with Gasteiger partial charge in [-0.05, 0) is 39.5 Å². The van der Waals surface area contributed by atoms with Gasteiger partial charge in [-0.15, -0.1) is 11.3 Å². The largest absolute Gasteiger partial charge is 0.382 e. The number of nitrogens with one attached hydrogen (secondary N) is 2. The van der Waals surface area contributed by atoms with Crippen molar-refractivity contribution in [1.82, 2.24) is 29.8 Å². The Hall–Kier alpha value is -3.05. The van der Waals surface area contributed by atoms with Gasteiger partial charge in [0.1, 0.15) is 16.3 Å². The number of nitrogens with zero attached hydrogens (tertiary/aromatic N) is 5. The van der Waals surface area contributed by atoms with Gasteiger partial charge in [0.25, 0.3) is 5.91 Å².